The first-order valence-corrected chi connectivity index (χ1v) is 8.83. The highest BCUT2D eigenvalue weighted by Crippen LogP contribution is 2.29. The van der Waals surface area contributed by atoms with E-state index in [-0.39, 0.29) is 5.91 Å². The number of benzene rings is 1. The minimum atomic E-state index is 0.199. The molecule has 1 amide bonds. The van der Waals surface area contributed by atoms with Crippen molar-refractivity contribution in [1.82, 2.24) is 9.80 Å². The fraction of sp³-hybridized carbons (Fsp3) is 0.632. The van der Waals surface area contributed by atoms with E-state index in [9.17, 15) is 4.79 Å². The molecule has 2 fully saturated rings. The van der Waals surface area contributed by atoms with Crippen molar-refractivity contribution in [2.24, 2.45) is 5.92 Å². The van der Waals surface area contributed by atoms with Gasteiger partial charge in [-0.1, -0.05) is 26.0 Å². The summed E-state index contributed by atoms with van der Waals surface area (Å²) < 4.78 is 5.40. The van der Waals surface area contributed by atoms with Crippen LogP contribution in [0.2, 0.25) is 0 Å². The fourth-order valence-corrected chi connectivity index (χ4v) is 3.16. The highest BCUT2D eigenvalue weighted by atomic mass is 16.5. The second-order valence-electron chi connectivity index (χ2n) is 7.17. The third-order valence-electron chi connectivity index (χ3n) is 4.49. The van der Waals surface area contributed by atoms with E-state index in [1.807, 2.05) is 12.1 Å². The number of amides is 1. The van der Waals surface area contributed by atoms with Gasteiger partial charge in [-0.05, 0) is 36.5 Å². The molecule has 1 aliphatic heterocycles. The Morgan fingerprint density at radius 3 is 2.70 bits per heavy atom. The van der Waals surface area contributed by atoms with Crippen molar-refractivity contribution >= 4 is 5.91 Å². The molecule has 0 unspecified atom stereocenters. The molecule has 0 spiro atoms. The second kappa shape index (κ2) is 7.45. The number of hydrogen-bond acceptors (Lipinski definition) is 3. The molecule has 0 radical (unpaired) electrons. The molecule has 23 heavy (non-hydrogen) atoms. The van der Waals surface area contributed by atoms with Gasteiger partial charge in [-0.15, -0.1) is 0 Å². The third-order valence-corrected chi connectivity index (χ3v) is 4.49. The molecule has 3 rings (SSSR count). The third kappa shape index (κ3) is 4.55. The van der Waals surface area contributed by atoms with Crippen molar-refractivity contribution in [1.29, 1.82) is 0 Å². The van der Waals surface area contributed by atoms with Crippen molar-refractivity contribution in [3.05, 3.63) is 35.4 Å². The van der Waals surface area contributed by atoms with Gasteiger partial charge in [0.05, 0.1) is 13.2 Å². The van der Waals surface area contributed by atoms with Gasteiger partial charge < -0.3 is 9.64 Å². The van der Waals surface area contributed by atoms with Crippen LogP contribution in [0.15, 0.2) is 24.3 Å². The van der Waals surface area contributed by atoms with E-state index in [2.05, 4.69) is 35.8 Å². The zero-order valence-electron chi connectivity index (χ0n) is 14.3. The maximum atomic E-state index is 12.9. The van der Waals surface area contributed by atoms with E-state index in [0.717, 1.165) is 57.8 Å². The molecule has 0 bridgehead atoms. The standard InChI is InChI=1S/C19H28N2O2/c1-15(2)13-21(18-6-7-18)19(22)17-5-3-4-16(12-17)14-20-8-10-23-11-9-20/h3-5,12,15,18H,6-11,13-14H2,1-2H3. The Bertz CT molecular complexity index is 534. The lowest BCUT2D eigenvalue weighted by molar-refractivity contribution is 0.0341. The van der Waals surface area contributed by atoms with E-state index < -0.39 is 0 Å². The number of carbonyl (C=O) groups excluding carboxylic acids is 1. The van der Waals surface area contributed by atoms with Gasteiger partial charge in [0.15, 0.2) is 0 Å². The fourth-order valence-electron chi connectivity index (χ4n) is 3.16. The number of morpholine rings is 1. The van der Waals surface area contributed by atoms with Crippen LogP contribution in [0.5, 0.6) is 0 Å². The number of hydrogen-bond donors (Lipinski definition) is 0. The summed E-state index contributed by atoms with van der Waals surface area (Å²) in [7, 11) is 0. The topological polar surface area (TPSA) is 32.8 Å². The molecule has 0 N–H and O–H groups in total. The van der Waals surface area contributed by atoms with E-state index in [1.54, 1.807) is 0 Å². The average molecular weight is 316 g/mol. The molecule has 1 heterocycles. The van der Waals surface area contributed by atoms with Gasteiger partial charge in [0.2, 0.25) is 0 Å². The van der Waals surface area contributed by atoms with Gasteiger partial charge >= 0.3 is 0 Å². The quantitative estimate of drug-likeness (QED) is 0.809. The summed E-state index contributed by atoms with van der Waals surface area (Å²) in [6, 6.07) is 8.64. The minimum Gasteiger partial charge on any atom is -0.379 e. The molecule has 0 aromatic heterocycles. The summed E-state index contributed by atoms with van der Waals surface area (Å²) in [6.45, 7) is 9.68. The molecule has 1 saturated carbocycles. The smallest absolute Gasteiger partial charge is 0.254 e. The number of carbonyl (C=O) groups is 1. The van der Waals surface area contributed by atoms with Crippen LogP contribution in [-0.2, 0) is 11.3 Å². The molecule has 0 atom stereocenters. The van der Waals surface area contributed by atoms with Crippen LogP contribution in [0.3, 0.4) is 0 Å². The van der Waals surface area contributed by atoms with Gasteiger partial charge in [0.25, 0.3) is 5.91 Å². The van der Waals surface area contributed by atoms with Crippen molar-refractivity contribution in [3.8, 4) is 0 Å². The van der Waals surface area contributed by atoms with Crippen LogP contribution in [-0.4, -0.2) is 54.6 Å². The largest absolute Gasteiger partial charge is 0.379 e. The predicted molar refractivity (Wildman–Crippen MR) is 91.4 cm³/mol. The Morgan fingerprint density at radius 2 is 2.04 bits per heavy atom. The van der Waals surface area contributed by atoms with Crippen molar-refractivity contribution in [2.45, 2.75) is 39.3 Å². The zero-order chi connectivity index (χ0) is 16.2. The second-order valence-corrected chi connectivity index (χ2v) is 7.17. The lowest BCUT2D eigenvalue weighted by atomic mass is 10.1. The van der Waals surface area contributed by atoms with Crippen LogP contribution < -0.4 is 0 Å². The summed E-state index contributed by atoms with van der Waals surface area (Å²) >= 11 is 0. The molecule has 2 aliphatic rings. The van der Waals surface area contributed by atoms with Crippen molar-refractivity contribution in [3.63, 3.8) is 0 Å². The summed E-state index contributed by atoms with van der Waals surface area (Å²) in [5.41, 5.74) is 2.06. The van der Waals surface area contributed by atoms with E-state index >= 15 is 0 Å². The highest BCUT2D eigenvalue weighted by molar-refractivity contribution is 5.94. The molecule has 1 aromatic rings. The monoisotopic (exact) mass is 316 g/mol. The number of rotatable bonds is 6. The van der Waals surface area contributed by atoms with Gasteiger partial charge in [-0.3, -0.25) is 9.69 Å². The Balaban J connectivity index is 1.68. The molecule has 1 aliphatic carbocycles. The summed E-state index contributed by atoms with van der Waals surface area (Å²) in [5, 5.41) is 0. The van der Waals surface area contributed by atoms with Crippen LogP contribution in [0, 0.1) is 5.92 Å². The minimum absolute atomic E-state index is 0.199. The lowest BCUT2D eigenvalue weighted by Crippen LogP contribution is -2.36. The zero-order valence-corrected chi connectivity index (χ0v) is 14.3. The molecule has 1 aromatic carbocycles. The first-order chi connectivity index (χ1) is 11.1. The van der Waals surface area contributed by atoms with E-state index in [0.29, 0.717) is 12.0 Å². The molecule has 1 saturated heterocycles. The van der Waals surface area contributed by atoms with Gasteiger partial charge in [-0.25, -0.2) is 0 Å². The maximum absolute atomic E-state index is 12.9. The first-order valence-electron chi connectivity index (χ1n) is 8.83. The molecule has 4 heteroatoms. The van der Waals surface area contributed by atoms with E-state index in [1.165, 1.54) is 5.56 Å². The number of ether oxygens (including phenoxy) is 1. The van der Waals surface area contributed by atoms with Gasteiger partial charge in [0.1, 0.15) is 0 Å². The molecule has 4 nitrogen and oxygen atoms in total. The number of nitrogens with zero attached hydrogens (tertiary/aromatic N) is 2. The predicted octanol–water partition coefficient (Wildman–Crippen LogP) is 2.78. The normalized spacial score (nSPS) is 19.1. The first kappa shape index (κ1) is 16.5. The lowest BCUT2D eigenvalue weighted by Gasteiger charge is -2.27. The van der Waals surface area contributed by atoms with Gasteiger partial charge in [-0.2, -0.15) is 0 Å². The highest BCUT2D eigenvalue weighted by Gasteiger charge is 2.33. The Labute approximate surface area is 139 Å². The van der Waals surface area contributed by atoms with Crippen LogP contribution in [0.4, 0.5) is 0 Å². The summed E-state index contributed by atoms with van der Waals surface area (Å²) in [4.78, 5) is 17.4. The van der Waals surface area contributed by atoms with Crippen LogP contribution >= 0.6 is 0 Å². The Morgan fingerprint density at radius 1 is 1.30 bits per heavy atom. The maximum Gasteiger partial charge on any atom is 0.254 e. The summed E-state index contributed by atoms with van der Waals surface area (Å²) in [5.74, 6) is 0.709. The van der Waals surface area contributed by atoms with Crippen molar-refractivity contribution in [2.75, 3.05) is 32.8 Å². The Hall–Kier alpha value is -1.39. The van der Waals surface area contributed by atoms with Gasteiger partial charge in [0, 0.05) is 37.8 Å². The molecular weight excluding hydrogens is 288 g/mol. The Kier molecular flexibility index (Phi) is 5.34. The van der Waals surface area contributed by atoms with Crippen LogP contribution in [0.25, 0.3) is 0 Å². The van der Waals surface area contributed by atoms with Crippen LogP contribution in [0.1, 0.15) is 42.6 Å². The average Bonchev–Trinajstić information content (AvgIpc) is 3.38. The summed E-state index contributed by atoms with van der Waals surface area (Å²) in [6.07, 6.45) is 2.32. The molecular formula is C19H28N2O2. The molecule has 126 valence electrons. The SMILES string of the molecule is CC(C)CN(C(=O)c1cccc(CN2CCOCC2)c1)C1CC1. The van der Waals surface area contributed by atoms with E-state index in [4.69, 9.17) is 4.74 Å². The van der Waals surface area contributed by atoms with Crippen molar-refractivity contribution < 1.29 is 9.53 Å².